The van der Waals surface area contributed by atoms with Crippen LogP contribution in [0, 0.1) is 0 Å². The number of carbonyl (C=O) groups is 1. The Labute approximate surface area is 104 Å². The number of hydrogen-bond donors (Lipinski definition) is 4. The minimum absolute atomic E-state index is 0.281. The van der Waals surface area contributed by atoms with E-state index in [1.165, 1.54) is 6.33 Å². The second-order valence-corrected chi connectivity index (χ2v) is 3.91. The van der Waals surface area contributed by atoms with Crippen LogP contribution in [-0.4, -0.2) is 21.1 Å². The molecule has 0 fully saturated rings. The molecule has 94 valence electrons. The molecule has 7 nitrogen and oxygen atoms in total. The molecule has 0 aliphatic carbocycles. The van der Waals surface area contributed by atoms with Crippen LogP contribution < -0.4 is 16.8 Å². The highest BCUT2D eigenvalue weighted by Crippen LogP contribution is 2.16. The number of rotatable bonds is 3. The van der Waals surface area contributed by atoms with E-state index in [0.29, 0.717) is 22.8 Å². The van der Waals surface area contributed by atoms with Gasteiger partial charge in [0.25, 0.3) is 5.91 Å². The molecule has 2 aromatic rings. The van der Waals surface area contributed by atoms with Crippen molar-refractivity contribution >= 4 is 17.3 Å². The van der Waals surface area contributed by atoms with Crippen LogP contribution >= 0.6 is 0 Å². The van der Waals surface area contributed by atoms with Crippen molar-refractivity contribution in [3.63, 3.8) is 0 Å². The van der Waals surface area contributed by atoms with Gasteiger partial charge in [-0.2, -0.15) is 5.10 Å². The molecule has 0 aliphatic rings. The number of amides is 1. The Hall–Kier alpha value is -2.57. The van der Waals surface area contributed by atoms with Crippen LogP contribution in [0.15, 0.2) is 24.5 Å². The van der Waals surface area contributed by atoms with Gasteiger partial charge in [0.05, 0.1) is 11.6 Å². The molecule has 0 radical (unpaired) electrons. The van der Waals surface area contributed by atoms with Crippen molar-refractivity contribution in [2.45, 2.75) is 13.0 Å². The first-order chi connectivity index (χ1) is 8.58. The number of benzene rings is 1. The monoisotopic (exact) mass is 246 g/mol. The first-order valence-corrected chi connectivity index (χ1v) is 5.39. The number of aromatic nitrogens is 3. The number of nitrogens with two attached hydrogens (primary N) is 2. The summed E-state index contributed by atoms with van der Waals surface area (Å²) in [6, 6.07) is 4.49. The summed E-state index contributed by atoms with van der Waals surface area (Å²) < 4.78 is 0. The fourth-order valence-corrected chi connectivity index (χ4v) is 1.55. The van der Waals surface area contributed by atoms with E-state index in [4.69, 9.17) is 11.5 Å². The Bertz CT molecular complexity index is 551. The van der Waals surface area contributed by atoms with Crippen LogP contribution in [-0.2, 0) is 0 Å². The smallest absolute Gasteiger partial charge is 0.253 e. The highest BCUT2D eigenvalue weighted by molar-refractivity contribution is 5.99. The summed E-state index contributed by atoms with van der Waals surface area (Å²) in [4.78, 5) is 16.0. The Morgan fingerprint density at radius 3 is 2.83 bits per heavy atom. The van der Waals surface area contributed by atoms with Crippen LogP contribution in [0.25, 0.3) is 0 Å². The lowest BCUT2D eigenvalue weighted by Gasteiger charge is -2.12. The quantitative estimate of drug-likeness (QED) is 0.586. The van der Waals surface area contributed by atoms with Gasteiger partial charge in [-0.05, 0) is 25.1 Å². The molecule has 1 unspecified atom stereocenters. The van der Waals surface area contributed by atoms with E-state index in [2.05, 4.69) is 20.5 Å². The first kappa shape index (κ1) is 11.9. The van der Waals surface area contributed by atoms with E-state index in [9.17, 15) is 4.79 Å². The zero-order chi connectivity index (χ0) is 13.1. The predicted molar refractivity (Wildman–Crippen MR) is 67.5 cm³/mol. The summed E-state index contributed by atoms with van der Waals surface area (Å²) >= 11 is 0. The maximum atomic E-state index is 12.0. The zero-order valence-electron chi connectivity index (χ0n) is 9.84. The third kappa shape index (κ3) is 2.40. The van der Waals surface area contributed by atoms with Gasteiger partial charge in [-0.1, -0.05) is 0 Å². The minimum atomic E-state index is -0.281. The van der Waals surface area contributed by atoms with Crippen molar-refractivity contribution in [3.8, 4) is 0 Å². The number of nitrogens with one attached hydrogen (secondary N) is 2. The van der Waals surface area contributed by atoms with Crippen LogP contribution in [0.3, 0.4) is 0 Å². The molecule has 0 saturated heterocycles. The first-order valence-electron chi connectivity index (χ1n) is 5.39. The van der Waals surface area contributed by atoms with Gasteiger partial charge >= 0.3 is 0 Å². The topological polar surface area (TPSA) is 123 Å². The molecule has 7 heteroatoms. The molecule has 0 saturated carbocycles. The molecule has 1 aromatic heterocycles. The lowest BCUT2D eigenvalue weighted by Crippen LogP contribution is -2.28. The third-order valence-corrected chi connectivity index (χ3v) is 2.51. The molecule has 0 aliphatic heterocycles. The Kier molecular flexibility index (Phi) is 3.13. The number of nitrogens with zero attached hydrogens (tertiary/aromatic N) is 2. The molecule has 0 bridgehead atoms. The van der Waals surface area contributed by atoms with Crippen LogP contribution in [0.4, 0.5) is 11.4 Å². The van der Waals surface area contributed by atoms with Crippen LogP contribution in [0.5, 0.6) is 0 Å². The van der Waals surface area contributed by atoms with Crippen LogP contribution in [0.1, 0.15) is 29.1 Å². The van der Waals surface area contributed by atoms with E-state index >= 15 is 0 Å². The summed E-state index contributed by atoms with van der Waals surface area (Å²) in [6.45, 7) is 1.80. The Morgan fingerprint density at radius 1 is 1.44 bits per heavy atom. The second kappa shape index (κ2) is 4.74. The van der Waals surface area contributed by atoms with Crippen molar-refractivity contribution < 1.29 is 4.79 Å². The maximum absolute atomic E-state index is 12.0. The van der Waals surface area contributed by atoms with Gasteiger partial charge < -0.3 is 16.8 Å². The Balaban J connectivity index is 2.12. The standard InChI is InChI=1S/C11H14N6O/c1-6(10-14-5-15-17-10)16-11(18)8-3-2-7(12)4-9(8)13/h2-6H,12-13H2,1H3,(H,16,18)(H,14,15,17). The summed E-state index contributed by atoms with van der Waals surface area (Å²) in [5, 5.41) is 9.18. The third-order valence-electron chi connectivity index (χ3n) is 2.51. The molecule has 1 atom stereocenters. The van der Waals surface area contributed by atoms with Gasteiger partial charge in [0, 0.05) is 11.4 Å². The molecular formula is C11H14N6O. The van der Waals surface area contributed by atoms with E-state index in [1.807, 2.05) is 0 Å². The molecule has 1 aromatic carbocycles. The molecule has 6 N–H and O–H groups in total. The number of aromatic amines is 1. The number of hydrogen-bond acceptors (Lipinski definition) is 5. The number of H-pyrrole nitrogens is 1. The molecular weight excluding hydrogens is 232 g/mol. The highest BCUT2D eigenvalue weighted by Gasteiger charge is 2.15. The van der Waals surface area contributed by atoms with Gasteiger partial charge in [0.1, 0.15) is 12.2 Å². The predicted octanol–water partition coefficient (Wildman–Crippen LogP) is 0.460. The van der Waals surface area contributed by atoms with Gasteiger partial charge in [-0.15, -0.1) is 0 Å². The van der Waals surface area contributed by atoms with Crippen molar-refractivity contribution in [1.29, 1.82) is 0 Å². The van der Waals surface area contributed by atoms with Crippen LogP contribution in [0.2, 0.25) is 0 Å². The van der Waals surface area contributed by atoms with Gasteiger partial charge in [-0.25, -0.2) is 4.98 Å². The molecule has 2 rings (SSSR count). The van der Waals surface area contributed by atoms with Gasteiger partial charge in [0.15, 0.2) is 0 Å². The minimum Gasteiger partial charge on any atom is -0.399 e. The lowest BCUT2D eigenvalue weighted by molar-refractivity contribution is 0.0939. The summed E-state index contributed by atoms with van der Waals surface area (Å²) in [7, 11) is 0. The fourth-order valence-electron chi connectivity index (χ4n) is 1.55. The second-order valence-electron chi connectivity index (χ2n) is 3.91. The largest absolute Gasteiger partial charge is 0.399 e. The fraction of sp³-hybridized carbons (Fsp3) is 0.182. The number of nitrogen functional groups attached to an aromatic ring is 2. The van der Waals surface area contributed by atoms with Gasteiger partial charge in [0.2, 0.25) is 0 Å². The highest BCUT2D eigenvalue weighted by atomic mass is 16.1. The summed E-state index contributed by atoms with van der Waals surface area (Å²) in [6.07, 6.45) is 1.38. The SMILES string of the molecule is CC(NC(=O)c1ccc(N)cc1N)c1ncn[nH]1. The Morgan fingerprint density at radius 2 is 2.22 bits per heavy atom. The molecule has 18 heavy (non-hydrogen) atoms. The normalized spacial score (nSPS) is 12.1. The summed E-state index contributed by atoms with van der Waals surface area (Å²) in [5.41, 5.74) is 12.6. The van der Waals surface area contributed by atoms with Crippen molar-refractivity contribution in [2.75, 3.05) is 11.5 Å². The van der Waals surface area contributed by atoms with Crippen molar-refractivity contribution in [1.82, 2.24) is 20.5 Å². The summed E-state index contributed by atoms with van der Waals surface area (Å²) in [5.74, 6) is 0.300. The number of carbonyl (C=O) groups excluding carboxylic acids is 1. The maximum Gasteiger partial charge on any atom is 0.253 e. The van der Waals surface area contributed by atoms with E-state index in [-0.39, 0.29) is 11.9 Å². The molecule has 1 amide bonds. The average molecular weight is 246 g/mol. The van der Waals surface area contributed by atoms with E-state index < -0.39 is 0 Å². The van der Waals surface area contributed by atoms with Crippen molar-refractivity contribution in [2.24, 2.45) is 0 Å². The van der Waals surface area contributed by atoms with Gasteiger partial charge in [-0.3, -0.25) is 9.89 Å². The number of anilines is 2. The lowest BCUT2D eigenvalue weighted by atomic mass is 10.1. The molecule has 1 heterocycles. The average Bonchev–Trinajstić information content (AvgIpc) is 2.81. The molecule has 0 spiro atoms. The van der Waals surface area contributed by atoms with Crippen molar-refractivity contribution in [3.05, 3.63) is 35.9 Å². The van der Waals surface area contributed by atoms with E-state index in [1.54, 1.807) is 25.1 Å². The zero-order valence-corrected chi connectivity index (χ0v) is 9.84. The van der Waals surface area contributed by atoms with E-state index in [0.717, 1.165) is 0 Å².